The number of fused-ring (bicyclic) bond motifs is 3. The Morgan fingerprint density at radius 1 is 1.00 bits per heavy atom. The number of nitrogens with one attached hydrogen (secondary N) is 2. The smallest absolute Gasteiger partial charge is 0.407 e. The molecule has 1 aliphatic rings. The lowest BCUT2D eigenvalue weighted by molar-refractivity contribution is -0.136. The summed E-state index contributed by atoms with van der Waals surface area (Å²) in [5, 5.41) is 13.6. The zero-order valence-corrected chi connectivity index (χ0v) is 17.0. The predicted molar refractivity (Wildman–Crippen MR) is 113 cm³/mol. The highest BCUT2D eigenvalue weighted by molar-refractivity contribution is 5.93. The van der Waals surface area contributed by atoms with Crippen molar-refractivity contribution in [3.05, 3.63) is 77.5 Å². The van der Waals surface area contributed by atoms with Gasteiger partial charge in [0.25, 0.3) is 5.91 Å². The normalized spacial score (nSPS) is 12.0. The third kappa shape index (κ3) is 4.46. The van der Waals surface area contributed by atoms with E-state index in [-0.39, 0.29) is 43.5 Å². The summed E-state index contributed by atoms with van der Waals surface area (Å²) in [5.74, 6) is -1.52. The highest BCUT2D eigenvalue weighted by Crippen LogP contribution is 2.44. The van der Waals surface area contributed by atoms with Crippen LogP contribution in [0.2, 0.25) is 0 Å². The van der Waals surface area contributed by atoms with E-state index < -0.39 is 18.0 Å². The lowest BCUT2D eigenvalue weighted by Crippen LogP contribution is -2.29. The van der Waals surface area contributed by atoms with Crippen molar-refractivity contribution >= 4 is 18.0 Å². The Morgan fingerprint density at radius 3 is 2.31 bits per heavy atom. The second-order valence-corrected chi connectivity index (χ2v) is 7.20. The molecule has 9 heteroatoms. The number of ether oxygens (including phenoxy) is 1. The molecule has 0 bridgehead atoms. The molecule has 1 aromatic heterocycles. The second-order valence-electron chi connectivity index (χ2n) is 7.20. The topological polar surface area (TPSA) is 131 Å². The number of aromatic nitrogens is 1. The van der Waals surface area contributed by atoms with E-state index in [0.717, 1.165) is 28.6 Å². The molecular weight excluding hydrogens is 414 g/mol. The van der Waals surface area contributed by atoms with Crippen LogP contribution < -0.4 is 10.6 Å². The van der Waals surface area contributed by atoms with E-state index in [1.165, 1.54) is 0 Å². The zero-order chi connectivity index (χ0) is 22.5. The minimum atomic E-state index is -1.03. The highest BCUT2D eigenvalue weighted by Gasteiger charge is 2.29. The first kappa shape index (κ1) is 21.1. The van der Waals surface area contributed by atoms with E-state index in [2.05, 4.69) is 27.8 Å². The second kappa shape index (κ2) is 9.34. The maximum atomic E-state index is 12.3. The number of carbonyl (C=O) groups excluding carboxylic acids is 2. The van der Waals surface area contributed by atoms with Gasteiger partial charge in [0, 0.05) is 12.5 Å². The van der Waals surface area contributed by atoms with Crippen LogP contribution in [-0.2, 0) is 16.1 Å². The standard InChI is InChI=1S/C23H21N3O6/c27-20(28)9-10-24-22(29)21-19(32-13-26-21)11-25-23(30)31-12-18-16-7-3-1-5-14(16)15-6-2-4-8-17(15)18/h1-8,13,18H,9-12H2,(H,24,29)(H,25,30)(H,27,28). The van der Waals surface area contributed by atoms with E-state index in [0.29, 0.717) is 0 Å². The number of carboxylic acid groups (broad SMARTS) is 1. The summed E-state index contributed by atoms with van der Waals surface area (Å²) in [5.41, 5.74) is 4.47. The SMILES string of the molecule is O=C(O)CCNC(=O)c1ncoc1CNC(=O)OCC1c2ccccc2-c2ccccc21. The van der Waals surface area contributed by atoms with Gasteiger partial charge in [0.05, 0.1) is 13.0 Å². The average molecular weight is 435 g/mol. The van der Waals surface area contributed by atoms with E-state index in [1.54, 1.807) is 0 Å². The maximum Gasteiger partial charge on any atom is 0.407 e. The van der Waals surface area contributed by atoms with Crippen molar-refractivity contribution in [3.63, 3.8) is 0 Å². The molecule has 2 aromatic carbocycles. The van der Waals surface area contributed by atoms with Crippen molar-refractivity contribution in [2.45, 2.75) is 18.9 Å². The molecule has 0 fully saturated rings. The Bertz CT molecular complexity index is 1110. The van der Waals surface area contributed by atoms with Crippen LogP contribution in [0.3, 0.4) is 0 Å². The molecule has 3 N–H and O–H groups in total. The Hall–Kier alpha value is -4.14. The van der Waals surface area contributed by atoms with Gasteiger partial charge in [-0.05, 0) is 22.3 Å². The number of hydrogen-bond donors (Lipinski definition) is 3. The predicted octanol–water partition coefficient (Wildman–Crippen LogP) is 2.92. The molecule has 0 aliphatic heterocycles. The van der Waals surface area contributed by atoms with Gasteiger partial charge in [0.1, 0.15) is 6.61 Å². The summed E-state index contributed by atoms with van der Waals surface area (Å²) in [7, 11) is 0. The molecule has 0 spiro atoms. The first-order chi connectivity index (χ1) is 15.5. The molecule has 2 amide bonds. The van der Waals surface area contributed by atoms with Gasteiger partial charge in [-0.15, -0.1) is 0 Å². The minimum absolute atomic E-state index is 0.0191. The van der Waals surface area contributed by atoms with Crippen molar-refractivity contribution in [2.24, 2.45) is 0 Å². The molecule has 3 aromatic rings. The van der Waals surface area contributed by atoms with Crippen LogP contribution in [-0.4, -0.2) is 41.2 Å². The number of nitrogens with zero attached hydrogens (tertiary/aromatic N) is 1. The third-order valence-electron chi connectivity index (χ3n) is 5.22. The van der Waals surface area contributed by atoms with E-state index in [4.69, 9.17) is 14.3 Å². The van der Waals surface area contributed by atoms with Gasteiger partial charge in [-0.2, -0.15) is 0 Å². The van der Waals surface area contributed by atoms with Gasteiger partial charge in [0.15, 0.2) is 17.8 Å². The zero-order valence-electron chi connectivity index (χ0n) is 17.0. The first-order valence-corrected chi connectivity index (χ1v) is 10.1. The Labute approximate surface area is 183 Å². The minimum Gasteiger partial charge on any atom is -0.481 e. The number of oxazole rings is 1. The van der Waals surface area contributed by atoms with Crippen LogP contribution in [0.1, 0.15) is 39.7 Å². The lowest BCUT2D eigenvalue weighted by Gasteiger charge is -2.14. The van der Waals surface area contributed by atoms with Crippen LogP contribution in [0.4, 0.5) is 4.79 Å². The van der Waals surface area contributed by atoms with Crippen molar-refractivity contribution in [1.29, 1.82) is 0 Å². The summed E-state index contributed by atoms with van der Waals surface area (Å²) in [6.45, 7) is 0.0252. The van der Waals surface area contributed by atoms with Gasteiger partial charge >= 0.3 is 12.1 Å². The molecule has 0 saturated heterocycles. The van der Waals surface area contributed by atoms with E-state index in [9.17, 15) is 14.4 Å². The Morgan fingerprint density at radius 2 is 1.66 bits per heavy atom. The molecule has 1 heterocycles. The van der Waals surface area contributed by atoms with Crippen molar-refractivity contribution in [3.8, 4) is 11.1 Å². The molecule has 4 rings (SSSR count). The fourth-order valence-corrected chi connectivity index (χ4v) is 3.75. The van der Waals surface area contributed by atoms with Crippen LogP contribution in [0.5, 0.6) is 0 Å². The highest BCUT2D eigenvalue weighted by atomic mass is 16.5. The number of alkyl carbamates (subject to hydrolysis) is 1. The molecule has 0 saturated carbocycles. The van der Waals surface area contributed by atoms with Gasteiger partial charge in [-0.25, -0.2) is 9.78 Å². The molecular formula is C23H21N3O6. The van der Waals surface area contributed by atoms with Crippen LogP contribution >= 0.6 is 0 Å². The number of aliphatic carboxylic acids is 1. The summed E-state index contributed by atoms with van der Waals surface area (Å²) < 4.78 is 10.6. The number of benzene rings is 2. The van der Waals surface area contributed by atoms with Gasteiger partial charge in [0.2, 0.25) is 0 Å². The fourth-order valence-electron chi connectivity index (χ4n) is 3.75. The summed E-state index contributed by atoms with van der Waals surface area (Å²) in [6, 6.07) is 16.1. The average Bonchev–Trinajstić information content (AvgIpc) is 3.39. The van der Waals surface area contributed by atoms with Crippen molar-refractivity contribution in [2.75, 3.05) is 13.2 Å². The first-order valence-electron chi connectivity index (χ1n) is 10.1. The molecule has 0 radical (unpaired) electrons. The molecule has 1 aliphatic carbocycles. The third-order valence-corrected chi connectivity index (χ3v) is 5.22. The Kier molecular flexibility index (Phi) is 6.16. The van der Waals surface area contributed by atoms with Gasteiger partial charge in [-0.3, -0.25) is 9.59 Å². The lowest BCUT2D eigenvalue weighted by atomic mass is 9.98. The van der Waals surface area contributed by atoms with Crippen LogP contribution in [0.25, 0.3) is 11.1 Å². The quantitative estimate of drug-likeness (QED) is 0.496. The summed E-state index contributed by atoms with van der Waals surface area (Å²) in [4.78, 5) is 38.8. The van der Waals surface area contributed by atoms with Crippen molar-refractivity contribution in [1.82, 2.24) is 15.6 Å². The van der Waals surface area contributed by atoms with Crippen molar-refractivity contribution < 1.29 is 28.6 Å². The monoisotopic (exact) mass is 435 g/mol. The molecule has 164 valence electrons. The largest absolute Gasteiger partial charge is 0.481 e. The van der Waals surface area contributed by atoms with Crippen LogP contribution in [0, 0.1) is 0 Å². The summed E-state index contributed by atoms with van der Waals surface area (Å²) >= 11 is 0. The number of rotatable bonds is 8. The molecule has 32 heavy (non-hydrogen) atoms. The number of hydrogen-bond acceptors (Lipinski definition) is 6. The van der Waals surface area contributed by atoms with Gasteiger partial charge in [-0.1, -0.05) is 48.5 Å². The Balaban J connectivity index is 1.33. The fraction of sp³-hybridized carbons (Fsp3) is 0.217. The number of carboxylic acids is 1. The van der Waals surface area contributed by atoms with Gasteiger partial charge < -0.3 is 24.9 Å². The maximum absolute atomic E-state index is 12.3. The van der Waals surface area contributed by atoms with E-state index >= 15 is 0 Å². The van der Waals surface area contributed by atoms with E-state index in [1.807, 2.05) is 36.4 Å². The summed E-state index contributed by atoms with van der Waals surface area (Å²) in [6.07, 6.45) is 0.220. The molecule has 9 nitrogen and oxygen atoms in total. The number of carbonyl (C=O) groups is 3. The molecule has 0 atom stereocenters. The van der Waals surface area contributed by atoms with Crippen LogP contribution in [0.15, 0.2) is 59.3 Å². The number of amides is 2. The molecule has 0 unspecified atom stereocenters.